The van der Waals surface area contributed by atoms with Crippen LogP contribution in [-0.2, 0) is 6.42 Å². The smallest absolute Gasteiger partial charge is 0.0466 e. The Kier molecular flexibility index (Phi) is 4.10. The third-order valence-electron chi connectivity index (χ3n) is 3.27. The Labute approximate surface area is 115 Å². The van der Waals surface area contributed by atoms with Crippen molar-refractivity contribution >= 4 is 6.21 Å². The first kappa shape index (κ1) is 13.5. The van der Waals surface area contributed by atoms with Gasteiger partial charge in [-0.2, -0.15) is 0 Å². The van der Waals surface area contributed by atoms with Crippen molar-refractivity contribution in [3.05, 3.63) is 64.0 Å². The molecule has 2 heteroatoms. The van der Waals surface area contributed by atoms with Crippen LogP contribution in [0, 0.1) is 20.8 Å². The zero-order valence-corrected chi connectivity index (χ0v) is 12.1. The molecule has 0 saturated carbocycles. The molecule has 2 aromatic rings. The number of rotatable bonds is 3. The standard InChI is InChI=1S/C17H20N2/c1-12-5-7-15(8-6-12)10-16-9-13(2)17(11-18-4)14(3)19-16/h5-9,11H,10H2,1-4H3. The molecule has 0 bridgehead atoms. The van der Waals surface area contributed by atoms with Crippen LogP contribution in [0.4, 0.5) is 0 Å². The fraction of sp³-hybridized carbons (Fsp3) is 0.294. The monoisotopic (exact) mass is 252 g/mol. The molecule has 0 aliphatic rings. The van der Waals surface area contributed by atoms with E-state index in [9.17, 15) is 0 Å². The van der Waals surface area contributed by atoms with Crippen LogP contribution < -0.4 is 0 Å². The molecule has 0 N–H and O–H groups in total. The molecule has 0 aliphatic heterocycles. The molecular formula is C17H20N2. The molecule has 0 spiro atoms. The molecule has 2 nitrogen and oxygen atoms in total. The van der Waals surface area contributed by atoms with Crippen LogP contribution in [-0.4, -0.2) is 18.2 Å². The highest BCUT2D eigenvalue weighted by atomic mass is 14.7. The van der Waals surface area contributed by atoms with E-state index in [-0.39, 0.29) is 0 Å². The van der Waals surface area contributed by atoms with Gasteiger partial charge in [-0.25, -0.2) is 0 Å². The van der Waals surface area contributed by atoms with Crippen LogP contribution in [0.15, 0.2) is 35.3 Å². The number of aliphatic imine (C=N–C) groups is 1. The second-order valence-corrected chi connectivity index (χ2v) is 4.98. The van der Waals surface area contributed by atoms with Gasteiger partial charge < -0.3 is 0 Å². The van der Waals surface area contributed by atoms with Crippen molar-refractivity contribution in [3.8, 4) is 0 Å². The van der Waals surface area contributed by atoms with Crippen molar-refractivity contribution in [3.63, 3.8) is 0 Å². The van der Waals surface area contributed by atoms with Crippen LogP contribution in [0.3, 0.4) is 0 Å². The SMILES string of the molecule is CN=Cc1c(C)cc(Cc2ccc(C)cc2)nc1C. The normalized spacial score (nSPS) is 11.2. The highest BCUT2D eigenvalue weighted by Gasteiger charge is 2.05. The van der Waals surface area contributed by atoms with Crippen molar-refractivity contribution in [1.82, 2.24) is 4.98 Å². The molecule has 19 heavy (non-hydrogen) atoms. The van der Waals surface area contributed by atoms with Crippen LogP contribution >= 0.6 is 0 Å². The first-order chi connectivity index (χ1) is 9.10. The third-order valence-corrected chi connectivity index (χ3v) is 3.27. The highest BCUT2D eigenvalue weighted by molar-refractivity contribution is 5.82. The van der Waals surface area contributed by atoms with Crippen molar-refractivity contribution in [1.29, 1.82) is 0 Å². The van der Waals surface area contributed by atoms with Crippen molar-refractivity contribution in [2.45, 2.75) is 27.2 Å². The first-order valence-corrected chi connectivity index (χ1v) is 6.55. The van der Waals surface area contributed by atoms with Gasteiger partial charge in [0.15, 0.2) is 0 Å². The van der Waals surface area contributed by atoms with Crippen LogP contribution in [0.5, 0.6) is 0 Å². The minimum Gasteiger partial charge on any atom is -0.296 e. The summed E-state index contributed by atoms with van der Waals surface area (Å²) in [6.07, 6.45) is 2.76. The van der Waals surface area contributed by atoms with Gasteiger partial charge in [-0.3, -0.25) is 9.98 Å². The number of nitrogens with zero attached hydrogens (tertiary/aromatic N) is 2. The molecular weight excluding hydrogens is 232 g/mol. The summed E-state index contributed by atoms with van der Waals surface area (Å²) in [6.45, 7) is 6.27. The van der Waals surface area contributed by atoms with E-state index >= 15 is 0 Å². The van der Waals surface area contributed by atoms with Crippen LogP contribution in [0.1, 0.15) is 33.6 Å². The summed E-state index contributed by atoms with van der Waals surface area (Å²) < 4.78 is 0. The van der Waals surface area contributed by atoms with E-state index in [4.69, 9.17) is 0 Å². The molecule has 0 fully saturated rings. The first-order valence-electron chi connectivity index (χ1n) is 6.55. The topological polar surface area (TPSA) is 25.2 Å². The summed E-state index contributed by atoms with van der Waals surface area (Å²) in [7, 11) is 1.79. The third kappa shape index (κ3) is 3.28. The lowest BCUT2D eigenvalue weighted by Gasteiger charge is -2.08. The largest absolute Gasteiger partial charge is 0.296 e. The Hall–Kier alpha value is -1.96. The lowest BCUT2D eigenvalue weighted by molar-refractivity contribution is 1.02. The van der Waals surface area contributed by atoms with Crippen molar-refractivity contribution < 1.29 is 0 Å². The fourth-order valence-electron chi connectivity index (χ4n) is 2.25. The number of hydrogen-bond donors (Lipinski definition) is 0. The molecule has 0 atom stereocenters. The lowest BCUT2D eigenvalue weighted by Crippen LogP contribution is -2.01. The van der Waals surface area contributed by atoms with E-state index in [2.05, 4.69) is 54.2 Å². The Bertz CT molecular complexity index is 572. The molecule has 1 aromatic heterocycles. The summed E-state index contributed by atoms with van der Waals surface area (Å²) in [5.41, 5.74) is 7.13. The van der Waals surface area contributed by atoms with Crippen LogP contribution in [0.25, 0.3) is 0 Å². The highest BCUT2D eigenvalue weighted by Crippen LogP contribution is 2.15. The maximum absolute atomic E-state index is 4.68. The molecule has 0 saturated heterocycles. The minimum atomic E-state index is 0.880. The van der Waals surface area contributed by atoms with Gasteiger partial charge in [0.25, 0.3) is 0 Å². The number of aryl methyl sites for hydroxylation is 3. The summed E-state index contributed by atoms with van der Waals surface area (Å²) in [5, 5.41) is 0. The predicted octanol–water partition coefficient (Wildman–Crippen LogP) is 3.65. The zero-order valence-electron chi connectivity index (χ0n) is 12.1. The van der Waals surface area contributed by atoms with E-state index in [1.807, 2.05) is 13.1 Å². The van der Waals surface area contributed by atoms with E-state index < -0.39 is 0 Å². The Morgan fingerprint density at radius 2 is 1.79 bits per heavy atom. The Morgan fingerprint density at radius 1 is 1.11 bits per heavy atom. The summed E-state index contributed by atoms with van der Waals surface area (Å²) in [5.74, 6) is 0. The fourth-order valence-corrected chi connectivity index (χ4v) is 2.25. The van der Waals surface area contributed by atoms with Gasteiger partial charge in [-0.1, -0.05) is 29.8 Å². The van der Waals surface area contributed by atoms with Crippen molar-refractivity contribution in [2.75, 3.05) is 7.05 Å². The van der Waals surface area contributed by atoms with Gasteiger partial charge in [0.05, 0.1) is 0 Å². The molecule has 98 valence electrons. The zero-order chi connectivity index (χ0) is 13.8. The summed E-state index contributed by atoms with van der Waals surface area (Å²) in [4.78, 5) is 8.76. The van der Waals surface area contributed by atoms with Gasteiger partial charge in [0.1, 0.15) is 0 Å². The molecule has 1 heterocycles. The van der Waals surface area contributed by atoms with E-state index in [1.54, 1.807) is 7.05 Å². The van der Waals surface area contributed by atoms with Gasteiger partial charge in [0.2, 0.25) is 0 Å². The second-order valence-electron chi connectivity index (χ2n) is 4.98. The Balaban J connectivity index is 2.29. The molecule has 0 unspecified atom stereocenters. The molecule has 0 amide bonds. The number of aromatic nitrogens is 1. The maximum Gasteiger partial charge on any atom is 0.0466 e. The van der Waals surface area contributed by atoms with Gasteiger partial charge in [-0.15, -0.1) is 0 Å². The molecule has 0 aliphatic carbocycles. The van der Waals surface area contributed by atoms with Gasteiger partial charge in [0, 0.05) is 36.6 Å². The minimum absolute atomic E-state index is 0.880. The second kappa shape index (κ2) is 5.79. The van der Waals surface area contributed by atoms with Gasteiger partial charge >= 0.3 is 0 Å². The van der Waals surface area contributed by atoms with Gasteiger partial charge in [-0.05, 0) is 38.0 Å². The van der Waals surface area contributed by atoms with E-state index in [1.165, 1.54) is 16.7 Å². The van der Waals surface area contributed by atoms with Crippen molar-refractivity contribution in [2.24, 2.45) is 4.99 Å². The van der Waals surface area contributed by atoms with E-state index in [0.29, 0.717) is 0 Å². The molecule has 1 aromatic carbocycles. The average Bonchev–Trinajstić information content (AvgIpc) is 2.37. The van der Waals surface area contributed by atoms with E-state index in [0.717, 1.165) is 23.4 Å². The lowest BCUT2D eigenvalue weighted by atomic mass is 10.0. The summed E-state index contributed by atoms with van der Waals surface area (Å²) >= 11 is 0. The molecule has 2 rings (SSSR count). The summed E-state index contributed by atoms with van der Waals surface area (Å²) in [6, 6.07) is 10.8. The number of benzene rings is 1. The molecule has 0 radical (unpaired) electrons. The average molecular weight is 252 g/mol. The number of hydrogen-bond acceptors (Lipinski definition) is 2. The predicted molar refractivity (Wildman–Crippen MR) is 81.2 cm³/mol. The number of pyridine rings is 1. The maximum atomic E-state index is 4.68. The quantitative estimate of drug-likeness (QED) is 0.765. The van der Waals surface area contributed by atoms with Crippen LogP contribution in [0.2, 0.25) is 0 Å². The Morgan fingerprint density at radius 3 is 2.37 bits per heavy atom.